The van der Waals surface area contributed by atoms with Gasteiger partial charge >= 0.3 is 0 Å². The molecular formula is C16H23NO4. The van der Waals surface area contributed by atoms with Crippen LogP contribution in [0.15, 0.2) is 18.2 Å². The van der Waals surface area contributed by atoms with Gasteiger partial charge in [-0.2, -0.15) is 0 Å². The highest BCUT2D eigenvalue weighted by Crippen LogP contribution is 2.35. The monoisotopic (exact) mass is 293 g/mol. The Balaban J connectivity index is 1.85. The van der Waals surface area contributed by atoms with Crippen LogP contribution in [0, 0.1) is 0 Å². The maximum atomic E-state index is 11.9. The van der Waals surface area contributed by atoms with Crippen LogP contribution in [0.3, 0.4) is 0 Å². The van der Waals surface area contributed by atoms with Crippen molar-refractivity contribution in [1.82, 2.24) is 5.32 Å². The number of ether oxygens (including phenoxy) is 2. The van der Waals surface area contributed by atoms with Crippen molar-refractivity contribution < 1.29 is 19.4 Å². The van der Waals surface area contributed by atoms with Crippen LogP contribution in [0.1, 0.15) is 44.8 Å². The zero-order valence-corrected chi connectivity index (χ0v) is 12.6. The molecule has 1 aliphatic heterocycles. The van der Waals surface area contributed by atoms with Crippen molar-refractivity contribution in [3.63, 3.8) is 0 Å². The fourth-order valence-electron chi connectivity index (χ4n) is 2.23. The van der Waals surface area contributed by atoms with E-state index in [4.69, 9.17) is 9.47 Å². The van der Waals surface area contributed by atoms with Crippen molar-refractivity contribution in [1.29, 1.82) is 0 Å². The molecule has 1 amide bonds. The van der Waals surface area contributed by atoms with E-state index in [1.807, 2.05) is 0 Å². The van der Waals surface area contributed by atoms with Gasteiger partial charge < -0.3 is 19.9 Å². The summed E-state index contributed by atoms with van der Waals surface area (Å²) in [6.07, 6.45) is 2.09. The van der Waals surface area contributed by atoms with Crippen LogP contribution < -0.4 is 14.8 Å². The number of hydrogen-bond donors (Lipinski definition) is 2. The van der Waals surface area contributed by atoms with E-state index in [0.717, 1.165) is 24.8 Å². The van der Waals surface area contributed by atoms with Gasteiger partial charge in [0.05, 0.1) is 0 Å². The lowest BCUT2D eigenvalue weighted by atomic mass is 10.1. The predicted octanol–water partition coefficient (Wildman–Crippen LogP) is 2.19. The summed E-state index contributed by atoms with van der Waals surface area (Å²) in [5, 5.41) is 12.5. The summed E-state index contributed by atoms with van der Waals surface area (Å²) in [6, 6.07) is 5.23. The van der Waals surface area contributed by atoms with E-state index in [2.05, 4.69) is 12.2 Å². The Bertz CT molecular complexity index is 489. The standard InChI is InChI=1S/C16H23NO4/c1-3-4-5-8-17-16(19)11(2)21-12-6-7-13-14(18)10-20-15(13)9-12/h6-7,9,11,14,18H,3-5,8,10H2,1-2H3,(H,17,19). The summed E-state index contributed by atoms with van der Waals surface area (Å²) >= 11 is 0. The average Bonchev–Trinajstić information content (AvgIpc) is 2.84. The molecule has 21 heavy (non-hydrogen) atoms. The van der Waals surface area contributed by atoms with Crippen molar-refractivity contribution in [2.24, 2.45) is 0 Å². The fourth-order valence-corrected chi connectivity index (χ4v) is 2.23. The molecule has 1 aromatic rings. The molecule has 0 aromatic heterocycles. The largest absolute Gasteiger partial charge is 0.490 e. The first kappa shape index (κ1) is 15.6. The molecule has 5 nitrogen and oxygen atoms in total. The number of hydrogen-bond acceptors (Lipinski definition) is 4. The minimum absolute atomic E-state index is 0.118. The maximum absolute atomic E-state index is 11.9. The molecule has 0 saturated heterocycles. The lowest BCUT2D eigenvalue weighted by molar-refractivity contribution is -0.127. The van der Waals surface area contributed by atoms with Crippen LogP contribution in [-0.4, -0.2) is 30.3 Å². The van der Waals surface area contributed by atoms with E-state index in [1.54, 1.807) is 25.1 Å². The van der Waals surface area contributed by atoms with Crippen LogP contribution in [0.25, 0.3) is 0 Å². The zero-order valence-electron chi connectivity index (χ0n) is 12.6. The van der Waals surface area contributed by atoms with Gasteiger partial charge in [0, 0.05) is 18.2 Å². The van der Waals surface area contributed by atoms with Crippen molar-refractivity contribution in [3.8, 4) is 11.5 Å². The molecule has 0 saturated carbocycles. The van der Waals surface area contributed by atoms with Crippen molar-refractivity contribution in [3.05, 3.63) is 23.8 Å². The first-order valence-electron chi connectivity index (χ1n) is 7.51. The summed E-state index contributed by atoms with van der Waals surface area (Å²) in [6.45, 7) is 4.80. The molecular weight excluding hydrogens is 270 g/mol. The highest BCUT2D eigenvalue weighted by Gasteiger charge is 2.23. The molecule has 2 rings (SSSR count). The second kappa shape index (κ2) is 7.31. The lowest BCUT2D eigenvalue weighted by Gasteiger charge is -2.15. The number of aliphatic hydroxyl groups is 1. The number of unbranched alkanes of at least 4 members (excludes halogenated alkanes) is 2. The molecule has 0 bridgehead atoms. The summed E-state index contributed by atoms with van der Waals surface area (Å²) in [7, 11) is 0. The van der Waals surface area contributed by atoms with Gasteiger partial charge in [0.25, 0.3) is 5.91 Å². The molecule has 1 aliphatic rings. The highest BCUT2D eigenvalue weighted by molar-refractivity contribution is 5.80. The lowest BCUT2D eigenvalue weighted by Crippen LogP contribution is -2.36. The first-order valence-corrected chi connectivity index (χ1v) is 7.51. The van der Waals surface area contributed by atoms with E-state index in [1.165, 1.54) is 0 Å². The van der Waals surface area contributed by atoms with Crippen LogP contribution in [0.5, 0.6) is 11.5 Å². The topological polar surface area (TPSA) is 67.8 Å². The van der Waals surface area contributed by atoms with Gasteiger partial charge in [-0.05, 0) is 25.5 Å². The summed E-state index contributed by atoms with van der Waals surface area (Å²) < 4.78 is 11.0. The summed E-state index contributed by atoms with van der Waals surface area (Å²) in [5.41, 5.74) is 0.763. The third-order valence-electron chi connectivity index (χ3n) is 3.50. The molecule has 0 aliphatic carbocycles. The molecule has 0 radical (unpaired) electrons. The highest BCUT2D eigenvalue weighted by atomic mass is 16.5. The quantitative estimate of drug-likeness (QED) is 0.756. The Morgan fingerprint density at radius 1 is 1.52 bits per heavy atom. The third-order valence-corrected chi connectivity index (χ3v) is 3.50. The molecule has 116 valence electrons. The van der Waals surface area contributed by atoms with E-state index < -0.39 is 12.2 Å². The number of rotatable bonds is 7. The van der Waals surface area contributed by atoms with Gasteiger partial charge in [-0.1, -0.05) is 19.8 Å². The van der Waals surface area contributed by atoms with Gasteiger partial charge in [-0.3, -0.25) is 4.79 Å². The molecule has 1 aromatic carbocycles. The SMILES string of the molecule is CCCCCNC(=O)C(C)Oc1ccc2c(c1)OCC2O. The molecule has 5 heteroatoms. The molecule has 0 spiro atoms. The number of fused-ring (bicyclic) bond motifs is 1. The summed E-state index contributed by atoms with van der Waals surface area (Å²) in [4.78, 5) is 11.9. The Kier molecular flexibility index (Phi) is 5.44. The number of carbonyl (C=O) groups excluding carboxylic acids is 1. The third kappa shape index (κ3) is 4.11. The fraction of sp³-hybridized carbons (Fsp3) is 0.562. The Hall–Kier alpha value is -1.75. The van der Waals surface area contributed by atoms with Gasteiger partial charge in [-0.25, -0.2) is 0 Å². The number of nitrogens with one attached hydrogen (secondary N) is 1. The van der Waals surface area contributed by atoms with Crippen LogP contribution in [-0.2, 0) is 4.79 Å². The number of carbonyl (C=O) groups is 1. The second-order valence-corrected chi connectivity index (χ2v) is 5.28. The summed E-state index contributed by atoms with van der Waals surface area (Å²) in [5.74, 6) is 1.07. The van der Waals surface area contributed by atoms with Crippen molar-refractivity contribution >= 4 is 5.91 Å². The van der Waals surface area contributed by atoms with E-state index in [9.17, 15) is 9.90 Å². The van der Waals surface area contributed by atoms with Gasteiger partial charge in [0.15, 0.2) is 6.10 Å². The van der Waals surface area contributed by atoms with Crippen molar-refractivity contribution in [2.45, 2.75) is 45.3 Å². The molecule has 2 N–H and O–H groups in total. The maximum Gasteiger partial charge on any atom is 0.260 e. The average molecular weight is 293 g/mol. The minimum atomic E-state index is -0.576. The number of benzene rings is 1. The number of aliphatic hydroxyl groups excluding tert-OH is 1. The van der Waals surface area contributed by atoms with Gasteiger partial charge in [0.1, 0.15) is 24.2 Å². The Morgan fingerprint density at radius 2 is 2.33 bits per heavy atom. The van der Waals surface area contributed by atoms with Crippen LogP contribution >= 0.6 is 0 Å². The first-order chi connectivity index (χ1) is 10.1. The molecule has 0 fully saturated rings. The van der Waals surface area contributed by atoms with E-state index in [0.29, 0.717) is 18.0 Å². The van der Waals surface area contributed by atoms with E-state index in [-0.39, 0.29) is 12.5 Å². The van der Waals surface area contributed by atoms with Crippen LogP contribution in [0.2, 0.25) is 0 Å². The molecule has 1 heterocycles. The second-order valence-electron chi connectivity index (χ2n) is 5.28. The smallest absolute Gasteiger partial charge is 0.260 e. The normalized spacial score (nSPS) is 17.8. The zero-order chi connectivity index (χ0) is 15.2. The molecule has 2 atom stereocenters. The van der Waals surface area contributed by atoms with E-state index >= 15 is 0 Å². The Morgan fingerprint density at radius 3 is 3.10 bits per heavy atom. The minimum Gasteiger partial charge on any atom is -0.490 e. The van der Waals surface area contributed by atoms with Gasteiger partial charge in [0.2, 0.25) is 0 Å². The van der Waals surface area contributed by atoms with Gasteiger partial charge in [-0.15, -0.1) is 0 Å². The van der Waals surface area contributed by atoms with Crippen LogP contribution in [0.4, 0.5) is 0 Å². The number of amides is 1. The Labute approximate surface area is 125 Å². The molecule has 2 unspecified atom stereocenters. The van der Waals surface area contributed by atoms with Crippen molar-refractivity contribution in [2.75, 3.05) is 13.2 Å². The predicted molar refractivity (Wildman–Crippen MR) is 79.5 cm³/mol.